The summed E-state index contributed by atoms with van der Waals surface area (Å²) in [5, 5.41) is 5.64. The second kappa shape index (κ2) is 10.6. The normalized spacial score (nSPS) is 12.6. The zero-order chi connectivity index (χ0) is 21.4. The molecular formula is C21H22ClFN2O4. The van der Waals surface area contributed by atoms with E-state index in [2.05, 4.69) is 10.6 Å². The minimum atomic E-state index is -0.989. The van der Waals surface area contributed by atoms with Gasteiger partial charge < -0.3 is 15.4 Å². The van der Waals surface area contributed by atoms with E-state index < -0.39 is 35.7 Å². The van der Waals surface area contributed by atoms with Gasteiger partial charge in [-0.05, 0) is 29.3 Å². The fraction of sp³-hybridized carbons (Fsp3) is 0.286. The Labute approximate surface area is 173 Å². The molecule has 0 unspecified atom stereocenters. The Kier molecular flexibility index (Phi) is 8.15. The molecule has 0 aliphatic rings. The lowest BCUT2D eigenvalue weighted by Gasteiger charge is -2.22. The highest BCUT2D eigenvalue weighted by Gasteiger charge is 2.27. The van der Waals surface area contributed by atoms with Gasteiger partial charge in [-0.2, -0.15) is 0 Å². The molecule has 0 radical (unpaired) electrons. The van der Waals surface area contributed by atoms with Crippen LogP contribution in [0.1, 0.15) is 18.1 Å². The third-order valence-electron chi connectivity index (χ3n) is 4.23. The largest absolute Gasteiger partial charge is 0.467 e. The lowest BCUT2D eigenvalue weighted by atomic mass is 10.0. The summed E-state index contributed by atoms with van der Waals surface area (Å²) in [7, 11) is 1.22. The number of methoxy groups -OCH3 is 1. The Morgan fingerprint density at radius 3 is 2.24 bits per heavy atom. The zero-order valence-electron chi connectivity index (χ0n) is 16.1. The fourth-order valence-corrected chi connectivity index (χ4v) is 3.02. The van der Waals surface area contributed by atoms with Crippen LogP contribution in [-0.2, 0) is 32.0 Å². The van der Waals surface area contributed by atoms with Crippen molar-refractivity contribution in [3.8, 4) is 0 Å². The molecule has 6 nitrogen and oxygen atoms in total. The van der Waals surface area contributed by atoms with E-state index in [1.54, 1.807) is 24.3 Å². The molecule has 0 aromatic heterocycles. The third kappa shape index (κ3) is 6.87. The van der Waals surface area contributed by atoms with Gasteiger partial charge in [-0.3, -0.25) is 9.59 Å². The van der Waals surface area contributed by atoms with Crippen molar-refractivity contribution in [2.45, 2.75) is 31.8 Å². The first kappa shape index (κ1) is 22.4. The Bertz CT molecular complexity index is 873. The molecule has 0 saturated heterocycles. The van der Waals surface area contributed by atoms with Gasteiger partial charge in [-0.15, -0.1) is 0 Å². The number of amides is 2. The number of nitrogens with one attached hydrogen (secondary N) is 2. The predicted octanol–water partition coefficient (Wildman–Crippen LogP) is 2.43. The molecule has 2 atom stereocenters. The summed E-state index contributed by atoms with van der Waals surface area (Å²) < 4.78 is 17.9. The van der Waals surface area contributed by atoms with Crippen molar-refractivity contribution in [1.29, 1.82) is 0 Å². The van der Waals surface area contributed by atoms with Gasteiger partial charge in [-0.1, -0.05) is 41.9 Å². The molecule has 0 bridgehead atoms. The maximum absolute atomic E-state index is 13.1. The number of rotatable bonds is 8. The average molecular weight is 421 g/mol. The number of esters is 1. The van der Waals surface area contributed by atoms with E-state index in [0.29, 0.717) is 16.1 Å². The number of carbonyl (C=O) groups is 3. The molecule has 154 valence electrons. The Morgan fingerprint density at radius 2 is 1.66 bits per heavy atom. The molecule has 2 amide bonds. The van der Waals surface area contributed by atoms with E-state index in [0.717, 1.165) is 0 Å². The smallest absolute Gasteiger partial charge is 0.328 e. The van der Waals surface area contributed by atoms with Crippen LogP contribution >= 0.6 is 11.6 Å². The molecule has 0 fully saturated rings. The quantitative estimate of drug-likeness (QED) is 0.642. The van der Waals surface area contributed by atoms with Gasteiger partial charge in [-0.25, -0.2) is 9.18 Å². The van der Waals surface area contributed by atoms with Gasteiger partial charge in [0.1, 0.15) is 17.9 Å². The highest BCUT2D eigenvalue weighted by atomic mass is 35.5. The fourth-order valence-electron chi connectivity index (χ4n) is 2.80. The molecule has 2 aromatic rings. The second-order valence-electron chi connectivity index (χ2n) is 6.46. The second-order valence-corrected chi connectivity index (χ2v) is 6.87. The molecule has 2 aromatic carbocycles. The van der Waals surface area contributed by atoms with E-state index in [4.69, 9.17) is 16.3 Å². The van der Waals surface area contributed by atoms with Crippen LogP contribution in [0.2, 0.25) is 5.02 Å². The first-order chi connectivity index (χ1) is 13.8. The number of ether oxygens (including phenoxy) is 1. The summed E-state index contributed by atoms with van der Waals surface area (Å²) in [6.07, 6.45) is 0.257. The van der Waals surface area contributed by atoms with Crippen LogP contribution in [-0.4, -0.2) is 37.0 Å². The van der Waals surface area contributed by atoms with Crippen molar-refractivity contribution in [3.63, 3.8) is 0 Å². The number of benzene rings is 2. The Balaban J connectivity index is 2.17. The third-order valence-corrected chi connectivity index (χ3v) is 4.60. The molecule has 0 spiro atoms. The first-order valence-corrected chi connectivity index (χ1v) is 9.31. The highest BCUT2D eigenvalue weighted by Crippen LogP contribution is 2.17. The predicted molar refractivity (Wildman–Crippen MR) is 107 cm³/mol. The molecule has 2 rings (SSSR count). The van der Waals surface area contributed by atoms with Crippen LogP contribution in [0.3, 0.4) is 0 Å². The Morgan fingerprint density at radius 1 is 1.00 bits per heavy atom. The van der Waals surface area contributed by atoms with Crippen LogP contribution in [0.5, 0.6) is 0 Å². The zero-order valence-corrected chi connectivity index (χ0v) is 16.8. The topological polar surface area (TPSA) is 84.5 Å². The lowest BCUT2D eigenvalue weighted by Crippen LogP contribution is -2.53. The maximum Gasteiger partial charge on any atom is 0.328 e. The summed E-state index contributed by atoms with van der Waals surface area (Å²) in [6.45, 7) is 1.28. The van der Waals surface area contributed by atoms with E-state index in [1.165, 1.54) is 38.3 Å². The average Bonchev–Trinajstić information content (AvgIpc) is 2.69. The number of hydrogen-bond donors (Lipinski definition) is 2. The summed E-state index contributed by atoms with van der Waals surface area (Å²) >= 11 is 6.15. The van der Waals surface area contributed by atoms with Crippen molar-refractivity contribution in [2.24, 2.45) is 0 Å². The number of carbonyl (C=O) groups excluding carboxylic acids is 3. The highest BCUT2D eigenvalue weighted by molar-refractivity contribution is 6.31. The van der Waals surface area contributed by atoms with Gasteiger partial charge in [0.05, 0.1) is 7.11 Å². The summed E-state index contributed by atoms with van der Waals surface area (Å²) in [5.74, 6) is -2.01. The van der Waals surface area contributed by atoms with Crippen molar-refractivity contribution in [1.82, 2.24) is 10.6 Å². The number of hydrogen-bond acceptors (Lipinski definition) is 4. The van der Waals surface area contributed by atoms with E-state index >= 15 is 0 Å². The SMILES string of the molecule is COC(=O)[C@@H](Cc1ccccc1Cl)NC(=O)[C@@H](Cc1ccc(F)cc1)NC(C)=O. The maximum atomic E-state index is 13.1. The minimum absolute atomic E-state index is 0.126. The molecule has 0 aliphatic heterocycles. The van der Waals surface area contributed by atoms with Crippen LogP contribution in [0.4, 0.5) is 4.39 Å². The molecule has 0 heterocycles. The number of halogens is 2. The lowest BCUT2D eigenvalue weighted by molar-refractivity contribution is -0.145. The van der Waals surface area contributed by atoms with Crippen LogP contribution < -0.4 is 10.6 Å². The molecule has 0 aliphatic carbocycles. The van der Waals surface area contributed by atoms with Crippen LogP contribution in [0.15, 0.2) is 48.5 Å². The van der Waals surface area contributed by atoms with Gasteiger partial charge in [0.25, 0.3) is 0 Å². The van der Waals surface area contributed by atoms with Gasteiger partial charge in [0.15, 0.2) is 0 Å². The standard InChI is InChI=1S/C21H22ClFN2O4/c1-13(26)24-18(11-14-7-9-16(23)10-8-14)20(27)25-19(21(28)29-2)12-15-5-3-4-6-17(15)22/h3-10,18-19H,11-12H2,1-2H3,(H,24,26)(H,25,27)/t18-,19-/m1/s1. The molecular weight excluding hydrogens is 399 g/mol. The molecule has 29 heavy (non-hydrogen) atoms. The molecule has 0 saturated carbocycles. The van der Waals surface area contributed by atoms with E-state index in [-0.39, 0.29) is 12.8 Å². The summed E-state index contributed by atoms with van der Waals surface area (Å²) in [4.78, 5) is 36.6. The monoisotopic (exact) mass is 420 g/mol. The van der Waals surface area contributed by atoms with E-state index in [9.17, 15) is 18.8 Å². The minimum Gasteiger partial charge on any atom is -0.467 e. The first-order valence-electron chi connectivity index (χ1n) is 8.93. The molecule has 8 heteroatoms. The molecule has 2 N–H and O–H groups in total. The van der Waals surface area contributed by atoms with Gasteiger partial charge in [0, 0.05) is 24.8 Å². The van der Waals surface area contributed by atoms with Crippen molar-refractivity contribution in [3.05, 3.63) is 70.5 Å². The summed E-state index contributed by atoms with van der Waals surface area (Å²) in [5.41, 5.74) is 1.32. The van der Waals surface area contributed by atoms with Crippen molar-refractivity contribution >= 4 is 29.4 Å². The summed E-state index contributed by atoms with van der Waals surface area (Å²) in [6, 6.07) is 10.6. The van der Waals surface area contributed by atoms with Crippen LogP contribution in [0.25, 0.3) is 0 Å². The van der Waals surface area contributed by atoms with Gasteiger partial charge in [0.2, 0.25) is 11.8 Å². The Hall–Kier alpha value is -2.93. The van der Waals surface area contributed by atoms with E-state index in [1.807, 2.05) is 0 Å². The van der Waals surface area contributed by atoms with Gasteiger partial charge >= 0.3 is 5.97 Å². The van der Waals surface area contributed by atoms with Crippen LogP contribution in [0, 0.1) is 5.82 Å². The van der Waals surface area contributed by atoms with Crippen molar-refractivity contribution < 1.29 is 23.5 Å². The van der Waals surface area contributed by atoms with Crippen molar-refractivity contribution in [2.75, 3.05) is 7.11 Å².